The van der Waals surface area contributed by atoms with Gasteiger partial charge in [-0.3, -0.25) is 4.79 Å². The second kappa shape index (κ2) is 7.51. The SMILES string of the molecule is Cc1ccc(C)c(C(C)NC(=O)C(C)Oc2cccc(Cl)c2)c1. The van der Waals surface area contributed by atoms with Crippen LogP contribution in [0.5, 0.6) is 5.75 Å². The molecule has 2 atom stereocenters. The highest BCUT2D eigenvalue weighted by Gasteiger charge is 2.18. The molecule has 0 heterocycles. The lowest BCUT2D eigenvalue weighted by atomic mass is 10.00. The van der Waals surface area contributed by atoms with Crippen molar-refractivity contribution >= 4 is 17.5 Å². The standard InChI is InChI=1S/C19H22ClNO2/c1-12-8-9-13(2)18(10-12)14(3)21-19(22)15(4)23-17-7-5-6-16(20)11-17/h5-11,14-15H,1-4H3,(H,21,22). The number of carbonyl (C=O) groups excluding carboxylic acids is 1. The fraction of sp³-hybridized carbons (Fsp3) is 0.316. The molecule has 3 nitrogen and oxygen atoms in total. The summed E-state index contributed by atoms with van der Waals surface area (Å²) in [6, 6.07) is 13.2. The van der Waals surface area contributed by atoms with Gasteiger partial charge in [0.2, 0.25) is 0 Å². The van der Waals surface area contributed by atoms with E-state index in [0.717, 1.165) is 11.1 Å². The number of ether oxygens (including phenoxy) is 1. The molecule has 0 saturated heterocycles. The van der Waals surface area contributed by atoms with E-state index in [1.54, 1.807) is 31.2 Å². The van der Waals surface area contributed by atoms with Gasteiger partial charge in [0.15, 0.2) is 6.10 Å². The number of hydrogen-bond donors (Lipinski definition) is 1. The lowest BCUT2D eigenvalue weighted by Gasteiger charge is -2.20. The molecule has 0 saturated carbocycles. The number of aryl methyl sites for hydroxylation is 2. The monoisotopic (exact) mass is 331 g/mol. The van der Waals surface area contributed by atoms with E-state index < -0.39 is 6.10 Å². The van der Waals surface area contributed by atoms with Gasteiger partial charge in [-0.05, 0) is 57.0 Å². The predicted octanol–water partition coefficient (Wildman–Crippen LogP) is 4.60. The Labute approximate surface area is 142 Å². The first-order valence-corrected chi connectivity index (χ1v) is 8.04. The van der Waals surface area contributed by atoms with Gasteiger partial charge in [0, 0.05) is 5.02 Å². The van der Waals surface area contributed by atoms with Crippen LogP contribution in [0.3, 0.4) is 0 Å². The minimum Gasteiger partial charge on any atom is -0.481 e. The third-order valence-corrected chi connectivity index (χ3v) is 3.97. The first-order valence-electron chi connectivity index (χ1n) is 7.66. The number of carbonyl (C=O) groups is 1. The van der Waals surface area contributed by atoms with E-state index in [2.05, 4.69) is 23.5 Å². The van der Waals surface area contributed by atoms with E-state index >= 15 is 0 Å². The molecule has 2 aromatic carbocycles. The van der Waals surface area contributed by atoms with Crippen molar-refractivity contribution in [1.29, 1.82) is 0 Å². The molecule has 0 spiro atoms. The van der Waals surface area contributed by atoms with Crippen LogP contribution in [0.15, 0.2) is 42.5 Å². The van der Waals surface area contributed by atoms with Crippen LogP contribution in [0.25, 0.3) is 0 Å². The fourth-order valence-electron chi connectivity index (χ4n) is 2.43. The van der Waals surface area contributed by atoms with Crippen molar-refractivity contribution in [3.05, 3.63) is 64.2 Å². The molecule has 0 fully saturated rings. The average Bonchev–Trinajstić information content (AvgIpc) is 2.49. The summed E-state index contributed by atoms with van der Waals surface area (Å²) in [4.78, 5) is 12.3. The average molecular weight is 332 g/mol. The summed E-state index contributed by atoms with van der Waals surface area (Å²) in [6.07, 6.45) is -0.596. The van der Waals surface area contributed by atoms with Crippen LogP contribution < -0.4 is 10.1 Å². The molecular weight excluding hydrogens is 310 g/mol. The Hall–Kier alpha value is -2.00. The summed E-state index contributed by atoms with van der Waals surface area (Å²) in [5, 5.41) is 3.58. The van der Waals surface area contributed by atoms with Gasteiger partial charge in [-0.15, -0.1) is 0 Å². The molecule has 0 aliphatic heterocycles. The zero-order valence-corrected chi connectivity index (χ0v) is 14.6. The molecule has 2 aromatic rings. The molecule has 0 aliphatic rings. The topological polar surface area (TPSA) is 38.3 Å². The van der Waals surface area contributed by atoms with Crippen LogP contribution in [-0.2, 0) is 4.79 Å². The molecule has 2 rings (SSSR count). The highest BCUT2D eigenvalue weighted by atomic mass is 35.5. The van der Waals surface area contributed by atoms with E-state index in [-0.39, 0.29) is 11.9 Å². The number of hydrogen-bond acceptors (Lipinski definition) is 2. The number of nitrogens with one attached hydrogen (secondary N) is 1. The maximum absolute atomic E-state index is 12.3. The summed E-state index contributed by atoms with van der Waals surface area (Å²) in [6.45, 7) is 7.80. The van der Waals surface area contributed by atoms with Crippen molar-refractivity contribution in [1.82, 2.24) is 5.32 Å². The van der Waals surface area contributed by atoms with Gasteiger partial charge in [-0.25, -0.2) is 0 Å². The van der Waals surface area contributed by atoms with E-state index in [1.165, 1.54) is 5.56 Å². The molecule has 122 valence electrons. The first-order chi connectivity index (χ1) is 10.9. The van der Waals surface area contributed by atoms with Crippen LogP contribution in [0.1, 0.15) is 36.6 Å². The summed E-state index contributed by atoms with van der Waals surface area (Å²) >= 11 is 5.92. The minimum absolute atomic E-state index is 0.0761. The summed E-state index contributed by atoms with van der Waals surface area (Å²) < 4.78 is 5.65. The maximum atomic E-state index is 12.3. The normalized spacial score (nSPS) is 13.3. The fourth-order valence-corrected chi connectivity index (χ4v) is 2.61. The molecule has 2 unspecified atom stereocenters. The Bertz CT molecular complexity index is 700. The Kier molecular flexibility index (Phi) is 5.67. The van der Waals surface area contributed by atoms with E-state index in [0.29, 0.717) is 10.8 Å². The van der Waals surface area contributed by atoms with Crippen molar-refractivity contribution in [3.8, 4) is 5.75 Å². The third-order valence-electron chi connectivity index (χ3n) is 3.74. The molecular formula is C19H22ClNO2. The second-order valence-electron chi connectivity index (χ2n) is 5.81. The number of rotatable bonds is 5. The lowest BCUT2D eigenvalue weighted by Crippen LogP contribution is -2.38. The molecule has 0 radical (unpaired) electrons. The molecule has 23 heavy (non-hydrogen) atoms. The van der Waals surface area contributed by atoms with Crippen molar-refractivity contribution in [2.24, 2.45) is 0 Å². The molecule has 0 bridgehead atoms. The van der Waals surface area contributed by atoms with Gasteiger partial charge in [0.25, 0.3) is 5.91 Å². The largest absolute Gasteiger partial charge is 0.481 e. The van der Waals surface area contributed by atoms with Gasteiger partial charge >= 0.3 is 0 Å². The van der Waals surface area contributed by atoms with Crippen LogP contribution in [0, 0.1) is 13.8 Å². The predicted molar refractivity (Wildman–Crippen MR) is 94.0 cm³/mol. The van der Waals surface area contributed by atoms with Crippen LogP contribution in [0.2, 0.25) is 5.02 Å². The second-order valence-corrected chi connectivity index (χ2v) is 6.24. The van der Waals surface area contributed by atoms with Crippen LogP contribution >= 0.6 is 11.6 Å². The molecule has 1 amide bonds. The molecule has 0 aliphatic carbocycles. The minimum atomic E-state index is -0.596. The molecule has 1 N–H and O–H groups in total. The van der Waals surface area contributed by atoms with Gasteiger partial charge in [0.05, 0.1) is 6.04 Å². The Morgan fingerprint density at radius 1 is 1.13 bits per heavy atom. The van der Waals surface area contributed by atoms with E-state index in [1.807, 2.05) is 20.8 Å². The smallest absolute Gasteiger partial charge is 0.261 e. The van der Waals surface area contributed by atoms with Gasteiger partial charge in [0.1, 0.15) is 5.75 Å². The lowest BCUT2D eigenvalue weighted by molar-refractivity contribution is -0.127. The first kappa shape index (κ1) is 17.4. The summed E-state index contributed by atoms with van der Waals surface area (Å²) in [5.41, 5.74) is 3.45. The highest BCUT2D eigenvalue weighted by Crippen LogP contribution is 2.20. The van der Waals surface area contributed by atoms with Crippen molar-refractivity contribution in [2.75, 3.05) is 0 Å². The number of amides is 1. The van der Waals surface area contributed by atoms with Crippen molar-refractivity contribution in [2.45, 2.75) is 39.8 Å². The quantitative estimate of drug-likeness (QED) is 0.869. The van der Waals surface area contributed by atoms with E-state index in [9.17, 15) is 4.79 Å². The van der Waals surface area contributed by atoms with E-state index in [4.69, 9.17) is 16.3 Å². The number of halogens is 1. The molecule has 4 heteroatoms. The van der Waals surface area contributed by atoms with Gasteiger partial charge in [-0.2, -0.15) is 0 Å². The Morgan fingerprint density at radius 2 is 1.87 bits per heavy atom. The van der Waals surface area contributed by atoms with Gasteiger partial charge in [-0.1, -0.05) is 41.4 Å². The summed E-state index contributed by atoms with van der Waals surface area (Å²) in [5.74, 6) is 0.429. The van der Waals surface area contributed by atoms with Crippen LogP contribution in [-0.4, -0.2) is 12.0 Å². The Morgan fingerprint density at radius 3 is 2.57 bits per heavy atom. The zero-order valence-electron chi connectivity index (χ0n) is 13.9. The maximum Gasteiger partial charge on any atom is 0.261 e. The molecule has 0 aromatic heterocycles. The zero-order chi connectivity index (χ0) is 17.0. The van der Waals surface area contributed by atoms with Gasteiger partial charge < -0.3 is 10.1 Å². The Balaban J connectivity index is 2.01. The third kappa shape index (κ3) is 4.73. The number of benzene rings is 2. The van der Waals surface area contributed by atoms with Crippen molar-refractivity contribution in [3.63, 3.8) is 0 Å². The summed E-state index contributed by atoms with van der Waals surface area (Å²) in [7, 11) is 0. The van der Waals surface area contributed by atoms with Crippen molar-refractivity contribution < 1.29 is 9.53 Å². The highest BCUT2D eigenvalue weighted by molar-refractivity contribution is 6.30. The van der Waals surface area contributed by atoms with Crippen LogP contribution in [0.4, 0.5) is 0 Å².